The Morgan fingerprint density at radius 1 is 1.22 bits per heavy atom. The molecule has 0 aliphatic heterocycles. The van der Waals surface area contributed by atoms with E-state index in [0.717, 1.165) is 6.92 Å². The maximum atomic E-state index is 12.1. The van der Waals surface area contributed by atoms with Crippen LogP contribution < -0.4 is 10.8 Å². The van der Waals surface area contributed by atoms with Gasteiger partial charge in [-0.1, -0.05) is 20.3 Å². The minimum atomic E-state index is -1.55. The first-order valence-corrected chi connectivity index (χ1v) is 7.38. The van der Waals surface area contributed by atoms with E-state index in [1.165, 1.54) is 0 Å². The number of aliphatic carboxylic acids is 1. The lowest BCUT2D eigenvalue weighted by Gasteiger charge is -2.33. The zero-order chi connectivity index (χ0) is 17.7. The van der Waals surface area contributed by atoms with Crippen LogP contribution in [0, 0.1) is 11.8 Å². The molecule has 0 radical (unpaired) electrons. The highest BCUT2D eigenvalue weighted by Gasteiger charge is 2.36. The number of hydrogen-bond acceptors (Lipinski definition) is 6. The SMILES string of the molecule is CC[C@H](C)[C@H](N)C(=O)OC(C[N+](C)(C)C)C(C(C)=O)C(=O)[O-].Cl. The average molecular weight is 353 g/mol. The van der Waals surface area contributed by atoms with Gasteiger partial charge in [0.15, 0.2) is 6.10 Å². The Balaban J connectivity index is 0. The maximum Gasteiger partial charge on any atom is 0.323 e. The Labute approximate surface area is 144 Å². The lowest BCUT2D eigenvalue weighted by atomic mass is 9.96. The molecule has 0 aromatic rings. The van der Waals surface area contributed by atoms with Gasteiger partial charge in [-0.05, 0) is 12.8 Å². The Morgan fingerprint density at radius 3 is 2.00 bits per heavy atom. The average Bonchev–Trinajstić information content (AvgIpc) is 2.33. The number of esters is 1. The molecule has 0 saturated carbocycles. The summed E-state index contributed by atoms with van der Waals surface area (Å²) in [6.07, 6.45) is -0.419. The molecule has 0 bridgehead atoms. The van der Waals surface area contributed by atoms with Gasteiger partial charge in [-0.2, -0.15) is 0 Å². The van der Waals surface area contributed by atoms with Gasteiger partial charge in [-0.25, -0.2) is 0 Å². The van der Waals surface area contributed by atoms with Crippen molar-refractivity contribution in [2.24, 2.45) is 17.6 Å². The van der Waals surface area contributed by atoms with Crippen LogP contribution in [0.15, 0.2) is 0 Å². The number of ketones is 1. The maximum absolute atomic E-state index is 12.1. The fraction of sp³-hybridized carbons (Fsp3) is 0.800. The summed E-state index contributed by atoms with van der Waals surface area (Å²) in [4.78, 5) is 35.0. The fourth-order valence-corrected chi connectivity index (χ4v) is 2.04. The molecule has 0 saturated heterocycles. The second-order valence-corrected chi connectivity index (χ2v) is 6.77. The Kier molecular flexibility index (Phi) is 10.3. The van der Waals surface area contributed by atoms with Crippen LogP contribution in [-0.4, -0.2) is 62.0 Å². The third-order valence-corrected chi connectivity index (χ3v) is 3.59. The smallest absolute Gasteiger partial charge is 0.323 e. The van der Waals surface area contributed by atoms with Crippen molar-refractivity contribution in [2.75, 3.05) is 27.7 Å². The summed E-state index contributed by atoms with van der Waals surface area (Å²) >= 11 is 0. The molecule has 2 unspecified atom stereocenters. The largest absolute Gasteiger partial charge is 0.549 e. The molecule has 7 nitrogen and oxygen atoms in total. The van der Waals surface area contributed by atoms with Crippen molar-refractivity contribution in [2.45, 2.75) is 39.3 Å². The molecule has 0 aromatic carbocycles. The Bertz CT molecular complexity index is 409. The van der Waals surface area contributed by atoms with Crippen LogP contribution in [0.4, 0.5) is 0 Å². The van der Waals surface area contributed by atoms with Gasteiger partial charge in [-0.15, -0.1) is 12.4 Å². The number of carbonyl (C=O) groups excluding carboxylic acids is 3. The molecule has 4 atom stereocenters. The fourth-order valence-electron chi connectivity index (χ4n) is 2.04. The van der Waals surface area contributed by atoms with Crippen molar-refractivity contribution in [3.8, 4) is 0 Å². The number of quaternary nitrogens is 1. The molecule has 0 spiro atoms. The van der Waals surface area contributed by atoms with Crippen LogP contribution in [-0.2, 0) is 19.1 Å². The topological polar surface area (TPSA) is 110 Å². The number of nitrogens with zero attached hydrogens (tertiary/aromatic N) is 1. The van der Waals surface area contributed by atoms with E-state index in [4.69, 9.17) is 10.5 Å². The van der Waals surface area contributed by atoms with Gasteiger partial charge in [0.1, 0.15) is 18.4 Å². The number of carboxylic acid groups (broad SMARTS) is 1. The Hall–Kier alpha value is -1.18. The highest BCUT2D eigenvalue weighted by atomic mass is 35.5. The number of Topliss-reactive ketones (excluding diaryl/α,β-unsaturated/α-hetero) is 1. The van der Waals surface area contributed by atoms with E-state index in [1.807, 2.05) is 35.0 Å². The highest BCUT2D eigenvalue weighted by molar-refractivity contribution is 5.97. The monoisotopic (exact) mass is 352 g/mol. The van der Waals surface area contributed by atoms with Crippen LogP contribution >= 0.6 is 12.4 Å². The van der Waals surface area contributed by atoms with E-state index < -0.39 is 35.8 Å². The predicted octanol–water partition coefficient (Wildman–Crippen LogP) is -0.645. The second-order valence-electron chi connectivity index (χ2n) is 6.77. The lowest BCUT2D eigenvalue weighted by molar-refractivity contribution is -0.873. The highest BCUT2D eigenvalue weighted by Crippen LogP contribution is 2.16. The quantitative estimate of drug-likeness (QED) is 0.335. The van der Waals surface area contributed by atoms with Gasteiger partial charge in [0.2, 0.25) is 0 Å². The van der Waals surface area contributed by atoms with Gasteiger partial charge in [0.05, 0.1) is 33.0 Å². The summed E-state index contributed by atoms with van der Waals surface area (Å²) < 4.78 is 5.60. The number of carboxylic acids is 1. The van der Waals surface area contributed by atoms with Gasteiger partial charge in [0, 0.05) is 0 Å². The third-order valence-electron chi connectivity index (χ3n) is 3.59. The summed E-state index contributed by atoms with van der Waals surface area (Å²) in [5.41, 5.74) is 5.81. The number of halogens is 1. The number of ether oxygens (including phenoxy) is 1. The summed E-state index contributed by atoms with van der Waals surface area (Å²) in [5.74, 6) is -4.44. The summed E-state index contributed by atoms with van der Waals surface area (Å²) in [6, 6.07) is -0.852. The van der Waals surface area contributed by atoms with Crippen LogP contribution in [0.3, 0.4) is 0 Å². The first-order valence-electron chi connectivity index (χ1n) is 7.38. The van der Waals surface area contributed by atoms with E-state index in [2.05, 4.69) is 0 Å². The lowest BCUT2D eigenvalue weighted by Crippen LogP contribution is -2.53. The zero-order valence-corrected chi connectivity index (χ0v) is 15.5. The zero-order valence-electron chi connectivity index (χ0n) is 14.7. The number of likely N-dealkylation sites (N-methyl/N-ethyl adjacent to an activating group) is 1. The normalized spacial score (nSPS) is 16.5. The van der Waals surface area contributed by atoms with Gasteiger partial charge < -0.3 is 24.9 Å². The van der Waals surface area contributed by atoms with E-state index in [1.54, 1.807) is 0 Å². The van der Waals surface area contributed by atoms with E-state index in [-0.39, 0.29) is 24.9 Å². The minimum Gasteiger partial charge on any atom is -0.549 e. The van der Waals surface area contributed by atoms with E-state index in [0.29, 0.717) is 10.9 Å². The molecular weight excluding hydrogens is 324 g/mol. The molecule has 8 heteroatoms. The van der Waals surface area contributed by atoms with Crippen LogP contribution in [0.2, 0.25) is 0 Å². The molecule has 0 amide bonds. The first-order chi connectivity index (χ1) is 9.90. The molecule has 2 N–H and O–H groups in total. The Morgan fingerprint density at radius 2 is 1.70 bits per heavy atom. The predicted molar refractivity (Wildman–Crippen MR) is 86.6 cm³/mol. The molecule has 0 aromatic heterocycles. The number of nitrogens with two attached hydrogens (primary N) is 1. The van der Waals surface area contributed by atoms with E-state index in [9.17, 15) is 19.5 Å². The summed E-state index contributed by atoms with van der Waals surface area (Å²) in [7, 11) is 5.42. The van der Waals surface area contributed by atoms with Crippen molar-refractivity contribution in [3.63, 3.8) is 0 Å². The number of rotatable bonds is 9. The molecule has 0 aliphatic rings. The van der Waals surface area contributed by atoms with Gasteiger partial charge in [0.25, 0.3) is 0 Å². The van der Waals surface area contributed by atoms with Crippen molar-refractivity contribution in [3.05, 3.63) is 0 Å². The molecule has 136 valence electrons. The standard InChI is InChI=1S/C15H28N2O5.ClH/c1-7-9(2)13(16)15(21)22-11(8-17(4,5)6)12(10(3)18)14(19)20;/h9,11-13H,7-8,16H2,1-6H3;1H/t9-,11?,12?,13-;/m0./s1. The van der Waals surface area contributed by atoms with Crippen LogP contribution in [0.5, 0.6) is 0 Å². The van der Waals surface area contributed by atoms with Crippen molar-refractivity contribution >= 4 is 30.1 Å². The molecule has 0 aliphatic carbocycles. The van der Waals surface area contributed by atoms with Crippen LogP contribution in [0.25, 0.3) is 0 Å². The summed E-state index contributed by atoms with van der Waals surface area (Å²) in [5, 5.41) is 11.2. The van der Waals surface area contributed by atoms with Crippen LogP contribution in [0.1, 0.15) is 27.2 Å². The molecule has 0 rings (SSSR count). The number of carbonyl (C=O) groups is 3. The number of hydrogen-bond donors (Lipinski definition) is 1. The van der Waals surface area contributed by atoms with E-state index >= 15 is 0 Å². The molecule has 0 fully saturated rings. The summed E-state index contributed by atoms with van der Waals surface area (Å²) in [6.45, 7) is 5.01. The molecular formula is C15H29ClN2O5. The van der Waals surface area contributed by atoms with Crippen molar-refractivity contribution < 1.29 is 28.7 Å². The molecule has 23 heavy (non-hydrogen) atoms. The minimum absolute atomic E-state index is 0. The first kappa shape index (κ1) is 24.1. The van der Waals surface area contributed by atoms with Crippen molar-refractivity contribution in [1.82, 2.24) is 0 Å². The van der Waals surface area contributed by atoms with Crippen molar-refractivity contribution in [1.29, 1.82) is 0 Å². The second kappa shape index (κ2) is 9.85. The van der Waals surface area contributed by atoms with Gasteiger partial charge >= 0.3 is 5.97 Å². The third kappa shape index (κ3) is 8.29. The van der Waals surface area contributed by atoms with Gasteiger partial charge in [-0.3, -0.25) is 9.59 Å². The molecule has 0 heterocycles.